The molecule has 0 unspecified atom stereocenters. The number of rotatable bonds is 6. The van der Waals surface area contributed by atoms with Gasteiger partial charge in [-0.1, -0.05) is 30.7 Å². The van der Waals surface area contributed by atoms with Crippen LogP contribution >= 0.6 is 0 Å². The molecule has 0 fully saturated rings. The van der Waals surface area contributed by atoms with Gasteiger partial charge in [-0.05, 0) is 49.7 Å². The number of amides is 3. The van der Waals surface area contributed by atoms with Crippen molar-refractivity contribution < 1.29 is 19.1 Å². The molecule has 148 valence electrons. The topological polar surface area (TPSA) is 79.9 Å². The summed E-state index contributed by atoms with van der Waals surface area (Å²) in [6.07, 6.45) is 0. The molecule has 0 saturated heterocycles. The third-order valence-electron chi connectivity index (χ3n) is 4.54. The number of likely N-dealkylation sites (N-methyl/N-ethyl adjacent to an activating group) is 1. The van der Waals surface area contributed by atoms with E-state index in [9.17, 15) is 9.59 Å². The average molecular weight is 383 g/mol. The summed E-state index contributed by atoms with van der Waals surface area (Å²) in [6, 6.07) is 10.9. The second-order valence-corrected chi connectivity index (χ2v) is 6.81. The Labute approximate surface area is 164 Å². The number of aryl methyl sites for hydroxylation is 2. The highest BCUT2D eigenvalue weighted by atomic mass is 16.7. The molecule has 2 aromatic rings. The van der Waals surface area contributed by atoms with Gasteiger partial charge in [-0.2, -0.15) is 0 Å². The van der Waals surface area contributed by atoms with Crippen LogP contribution in [0.2, 0.25) is 0 Å². The molecule has 0 spiro atoms. The van der Waals surface area contributed by atoms with Gasteiger partial charge in [-0.3, -0.25) is 15.0 Å². The minimum absolute atomic E-state index is 0.116. The zero-order valence-corrected chi connectivity index (χ0v) is 16.4. The van der Waals surface area contributed by atoms with Crippen molar-refractivity contribution in [2.45, 2.75) is 27.3 Å². The highest BCUT2D eigenvalue weighted by Gasteiger charge is 2.16. The first kappa shape index (κ1) is 19.7. The molecule has 3 rings (SSSR count). The number of carbonyl (C=O) groups excluding carboxylic acids is 2. The molecule has 1 aliphatic heterocycles. The Morgan fingerprint density at radius 1 is 1.07 bits per heavy atom. The first-order valence-electron chi connectivity index (χ1n) is 9.23. The summed E-state index contributed by atoms with van der Waals surface area (Å²) in [6.45, 7) is 7.45. The number of imide groups is 1. The van der Waals surface area contributed by atoms with E-state index in [-0.39, 0.29) is 19.2 Å². The van der Waals surface area contributed by atoms with Gasteiger partial charge in [0.05, 0.1) is 6.54 Å². The van der Waals surface area contributed by atoms with Gasteiger partial charge in [-0.15, -0.1) is 0 Å². The molecule has 0 saturated carbocycles. The fraction of sp³-hybridized carbons (Fsp3) is 0.333. The van der Waals surface area contributed by atoms with Crippen molar-refractivity contribution in [2.75, 3.05) is 25.2 Å². The number of anilines is 1. The van der Waals surface area contributed by atoms with Crippen LogP contribution in [-0.2, 0) is 11.3 Å². The van der Waals surface area contributed by atoms with Crippen LogP contribution in [-0.4, -0.2) is 36.7 Å². The van der Waals surface area contributed by atoms with Crippen molar-refractivity contribution in [1.29, 1.82) is 0 Å². The first-order chi connectivity index (χ1) is 13.4. The minimum Gasteiger partial charge on any atom is -0.454 e. The van der Waals surface area contributed by atoms with Crippen molar-refractivity contribution >= 4 is 17.6 Å². The van der Waals surface area contributed by atoms with E-state index in [1.807, 2.05) is 62.1 Å². The smallest absolute Gasteiger partial charge is 0.325 e. The van der Waals surface area contributed by atoms with Crippen LogP contribution < -0.4 is 20.1 Å². The van der Waals surface area contributed by atoms with E-state index >= 15 is 0 Å². The lowest BCUT2D eigenvalue weighted by molar-refractivity contribution is -0.121. The second-order valence-electron chi connectivity index (χ2n) is 6.81. The number of urea groups is 1. The predicted octanol–water partition coefficient (Wildman–Crippen LogP) is 3.20. The molecule has 2 aromatic carbocycles. The summed E-state index contributed by atoms with van der Waals surface area (Å²) in [5, 5.41) is 5.10. The van der Waals surface area contributed by atoms with Gasteiger partial charge in [0, 0.05) is 12.2 Å². The van der Waals surface area contributed by atoms with Gasteiger partial charge in [-0.25, -0.2) is 4.79 Å². The third kappa shape index (κ3) is 5.01. The van der Waals surface area contributed by atoms with E-state index in [0.717, 1.165) is 22.4 Å². The third-order valence-corrected chi connectivity index (χ3v) is 4.54. The molecule has 0 atom stereocenters. The molecule has 3 amide bonds. The standard InChI is InChI=1S/C21H25N3O4/c1-4-24(11-16-6-8-18-19(10-16)28-13-27-18)12-20(25)23-21(26)22-17-7-5-14(2)9-15(17)3/h5-10H,4,11-13H2,1-3H3,(H2,22,23,25,26). The summed E-state index contributed by atoms with van der Waals surface area (Å²) in [4.78, 5) is 26.3. The van der Waals surface area contributed by atoms with E-state index in [4.69, 9.17) is 9.47 Å². The zero-order chi connectivity index (χ0) is 20.1. The molecule has 0 aromatic heterocycles. The predicted molar refractivity (Wildman–Crippen MR) is 107 cm³/mol. The lowest BCUT2D eigenvalue weighted by atomic mass is 10.1. The molecule has 2 N–H and O–H groups in total. The fourth-order valence-electron chi connectivity index (χ4n) is 3.05. The fourth-order valence-corrected chi connectivity index (χ4v) is 3.05. The van der Waals surface area contributed by atoms with Crippen LogP contribution in [0, 0.1) is 13.8 Å². The SMILES string of the molecule is CCN(CC(=O)NC(=O)Nc1ccc(C)cc1C)Cc1ccc2c(c1)OCO2. The van der Waals surface area contributed by atoms with Crippen molar-refractivity contribution in [1.82, 2.24) is 10.2 Å². The molecule has 28 heavy (non-hydrogen) atoms. The first-order valence-corrected chi connectivity index (χ1v) is 9.23. The maximum atomic E-state index is 12.3. The lowest BCUT2D eigenvalue weighted by Gasteiger charge is -2.20. The Bertz CT molecular complexity index is 882. The number of nitrogens with one attached hydrogen (secondary N) is 2. The van der Waals surface area contributed by atoms with Crippen LogP contribution in [0.15, 0.2) is 36.4 Å². The Morgan fingerprint density at radius 2 is 1.86 bits per heavy atom. The number of benzene rings is 2. The van der Waals surface area contributed by atoms with Crippen LogP contribution in [0.4, 0.5) is 10.5 Å². The van der Waals surface area contributed by atoms with Crippen LogP contribution in [0.25, 0.3) is 0 Å². The van der Waals surface area contributed by atoms with Crippen molar-refractivity contribution in [3.63, 3.8) is 0 Å². The minimum atomic E-state index is -0.531. The average Bonchev–Trinajstić information content (AvgIpc) is 3.11. The van der Waals surface area contributed by atoms with Gasteiger partial charge in [0.1, 0.15) is 0 Å². The van der Waals surface area contributed by atoms with Gasteiger partial charge >= 0.3 is 6.03 Å². The number of hydrogen-bond donors (Lipinski definition) is 2. The maximum absolute atomic E-state index is 12.3. The molecule has 1 heterocycles. The number of ether oxygens (including phenoxy) is 2. The summed E-state index contributed by atoms with van der Waals surface area (Å²) in [5.74, 6) is 1.09. The van der Waals surface area contributed by atoms with Gasteiger partial charge in [0.15, 0.2) is 11.5 Å². The maximum Gasteiger partial charge on any atom is 0.325 e. The molecule has 7 nitrogen and oxygen atoms in total. The summed E-state index contributed by atoms with van der Waals surface area (Å²) in [7, 11) is 0. The van der Waals surface area contributed by atoms with Crippen LogP contribution in [0.5, 0.6) is 11.5 Å². The van der Waals surface area contributed by atoms with Crippen LogP contribution in [0.3, 0.4) is 0 Å². The molecule has 0 radical (unpaired) electrons. The van der Waals surface area contributed by atoms with E-state index in [2.05, 4.69) is 10.6 Å². The van der Waals surface area contributed by atoms with E-state index in [1.54, 1.807) is 0 Å². The molecule has 0 bridgehead atoms. The van der Waals surface area contributed by atoms with Crippen molar-refractivity contribution in [3.05, 3.63) is 53.1 Å². The number of fused-ring (bicyclic) bond motifs is 1. The van der Waals surface area contributed by atoms with Gasteiger partial charge < -0.3 is 14.8 Å². The van der Waals surface area contributed by atoms with E-state index < -0.39 is 6.03 Å². The van der Waals surface area contributed by atoms with E-state index in [1.165, 1.54) is 0 Å². The monoisotopic (exact) mass is 383 g/mol. The summed E-state index contributed by atoms with van der Waals surface area (Å²) < 4.78 is 10.7. The van der Waals surface area contributed by atoms with Crippen molar-refractivity contribution in [3.8, 4) is 11.5 Å². The highest BCUT2D eigenvalue weighted by molar-refractivity contribution is 6.02. The summed E-state index contributed by atoms with van der Waals surface area (Å²) >= 11 is 0. The van der Waals surface area contributed by atoms with E-state index in [0.29, 0.717) is 24.5 Å². The molecule has 0 aliphatic carbocycles. The Kier molecular flexibility index (Phi) is 6.16. The zero-order valence-electron chi connectivity index (χ0n) is 16.4. The Morgan fingerprint density at radius 3 is 2.61 bits per heavy atom. The lowest BCUT2D eigenvalue weighted by Crippen LogP contribution is -2.41. The molecule has 1 aliphatic rings. The molecular formula is C21H25N3O4. The van der Waals surface area contributed by atoms with Crippen LogP contribution in [0.1, 0.15) is 23.6 Å². The Hall–Kier alpha value is -3.06. The molecule has 7 heteroatoms. The normalized spacial score (nSPS) is 12.1. The summed E-state index contributed by atoms with van der Waals surface area (Å²) in [5.41, 5.74) is 3.75. The second kappa shape index (κ2) is 8.75. The van der Waals surface area contributed by atoms with Gasteiger partial charge in [0.25, 0.3) is 0 Å². The largest absolute Gasteiger partial charge is 0.454 e. The quantitative estimate of drug-likeness (QED) is 0.801. The number of carbonyl (C=O) groups is 2. The highest BCUT2D eigenvalue weighted by Crippen LogP contribution is 2.32. The molecular weight excluding hydrogens is 358 g/mol. The number of nitrogens with zero attached hydrogens (tertiary/aromatic N) is 1. The number of hydrogen-bond acceptors (Lipinski definition) is 5. The van der Waals surface area contributed by atoms with Crippen molar-refractivity contribution in [2.24, 2.45) is 0 Å². The van der Waals surface area contributed by atoms with Gasteiger partial charge in [0.2, 0.25) is 12.7 Å². The Balaban J connectivity index is 1.52.